The van der Waals surface area contributed by atoms with Gasteiger partial charge in [-0.3, -0.25) is 4.79 Å². The van der Waals surface area contributed by atoms with Crippen molar-refractivity contribution in [2.75, 3.05) is 6.54 Å². The zero-order valence-corrected chi connectivity index (χ0v) is 12.2. The molecule has 0 aliphatic rings. The van der Waals surface area contributed by atoms with Crippen LogP contribution in [-0.2, 0) is 11.2 Å². The summed E-state index contributed by atoms with van der Waals surface area (Å²) in [6, 6.07) is 6.43. The monoisotopic (exact) mass is 288 g/mol. The van der Waals surface area contributed by atoms with Crippen molar-refractivity contribution < 1.29 is 9.18 Å². The van der Waals surface area contributed by atoms with Gasteiger partial charge in [0.25, 0.3) is 0 Å². The second-order valence-corrected chi connectivity index (χ2v) is 4.79. The van der Waals surface area contributed by atoms with Gasteiger partial charge in [0.05, 0.1) is 0 Å². The first kappa shape index (κ1) is 17.9. The molecule has 108 valence electrons. The molecule has 3 N–H and O–H groups in total. The molecule has 0 heterocycles. The van der Waals surface area contributed by atoms with E-state index in [4.69, 9.17) is 5.73 Å². The molecule has 0 aliphatic heterocycles. The van der Waals surface area contributed by atoms with Gasteiger partial charge in [-0.05, 0) is 30.0 Å². The van der Waals surface area contributed by atoms with E-state index >= 15 is 0 Å². The molecule has 0 saturated heterocycles. The SMILES string of the molecule is CC(C)C(Cc1ccc(F)cc1)NC(=O)CCN.Cl. The normalized spacial score (nSPS) is 11.8. The van der Waals surface area contributed by atoms with E-state index in [0.717, 1.165) is 5.56 Å². The third kappa shape index (κ3) is 6.55. The Balaban J connectivity index is 0.00000324. The molecule has 0 aromatic heterocycles. The Morgan fingerprint density at radius 1 is 1.32 bits per heavy atom. The minimum Gasteiger partial charge on any atom is -0.353 e. The van der Waals surface area contributed by atoms with Crippen molar-refractivity contribution in [3.63, 3.8) is 0 Å². The molecule has 1 rings (SSSR count). The van der Waals surface area contributed by atoms with Crippen molar-refractivity contribution in [1.82, 2.24) is 5.32 Å². The van der Waals surface area contributed by atoms with Crippen LogP contribution in [0.4, 0.5) is 4.39 Å². The van der Waals surface area contributed by atoms with Crippen molar-refractivity contribution in [1.29, 1.82) is 0 Å². The van der Waals surface area contributed by atoms with E-state index in [1.807, 2.05) is 0 Å². The zero-order valence-electron chi connectivity index (χ0n) is 11.4. The van der Waals surface area contributed by atoms with E-state index in [0.29, 0.717) is 25.3 Å². The molecule has 1 atom stereocenters. The average molecular weight is 289 g/mol. The number of benzene rings is 1. The summed E-state index contributed by atoms with van der Waals surface area (Å²) in [7, 11) is 0. The van der Waals surface area contributed by atoms with Gasteiger partial charge in [-0.25, -0.2) is 4.39 Å². The number of rotatable bonds is 6. The lowest BCUT2D eigenvalue weighted by Gasteiger charge is -2.22. The summed E-state index contributed by atoms with van der Waals surface area (Å²) in [5, 5.41) is 2.97. The van der Waals surface area contributed by atoms with Crippen LogP contribution in [0.25, 0.3) is 0 Å². The first-order valence-electron chi connectivity index (χ1n) is 6.26. The Hall–Kier alpha value is -1.13. The summed E-state index contributed by atoms with van der Waals surface area (Å²) in [4.78, 5) is 11.6. The van der Waals surface area contributed by atoms with Crippen LogP contribution < -0.4 is 11.1 Å². The fraction of sp³-hybridized carbons (Fsp3) is 0.500. The van der Waals surface area contributed by atoms with Gasteiger partial charge < -0.3 is 11.1 Å². The van der Waals surface area contributed by atoms with E-state index < -0.39 is 0 Å². The van der Waals surface area contributed by atoms with Crippen molar-refractivity contribution in [2.24, 2.45) is 11.7 Å². The molecule has 1 aromatic rings. The maximum Gasteiger partial charge on any atom is 0.221 e. The van der Waals surface area contributed by atoms with Crippen molar-refractivity contribution >= 4 is 18.3 Å². The fourth-order valence-corrected chi connectivity index (χ4v) is 1.74. The van der Waals surface area contributed by atoms with Crippen LogP contribution in [0, 0.1) is 11.7 Å². The topological polar surface area (TPSA) is 55.1 Å². The number of hydrogen-bond donors (Lipinski definition) is 2. The third-order valence-corrected chi connectivity index (χ3v) is 2.89. The highest BCUT2D eigenvalue weighted by atomic mass is 35.5. The Labute approximate surface area is 120 Å². The van der Waals surface area contributed by atoms with Gasteiger partial charge in [0.1, 0.15) is 5.82 Å². The maximum atomic E-state index is 12.8. The van der Waals surface area contributed by atoms with Gasteiger partial charge in [-0.15, -0.1) is 12.4 Å². The molecule has 5 heteroatoms. The summed E-state index contributed by atoms with van der Waals surface area (Å²) in [5.41, 5.74) is 6.36. The first-order chi connectivity index (χ1) is 8.52. The predicted octanol–water partition coefficient (Wildman–Crippen LogP) is 2.28. The number of nitrogens with two attached hydrogens (primary N) is 1. The quantitative estimate of drug-likeness (QED) is 0.844. The van der Waals surface area contributed by atoms with Gasteiger partial charge in [-0.2, -0.15) is 0 Å². The number of halogens is 2. The van der Waals surface area contributed by atoms with E-state index in [9.17, 15) is 9.18 Å². The maximum absolute atomic E-state index is 12.8. The molecular weight excluding hydrogens is 267 g/mol. The fourth-order valence-electron chi connectivity index (χ4n) is 1.74. The standard InChI is InChI=1S/C14H21FN2O.ClH/c1-10(2)13(17-14(18)7-8-16)9-11-3-5-12(15)6-4-11;/h3-6,10,13H,7-9,16H2,1-2H3,(H,17,18);1H. The third-order valence-electron chi connectivity index (χ3n) is 2.89. The summed E-state index contributed by atoms with van der Waals surface area (Å²) < 4.78 is 12.8. The van der Waals surface area contributed by atoms with Gasteiger partial charge in [0.2, 0.25) is 5.91 Å². The van der Waals surface area contributed by atoms with Crippen LogP contribution in [0.2, 0.25) is 0 Å². The first-order valence-corrected chi connectivity index (χ1v) is 6.26. The molecule has 1 aromatic carbocycles. The molecule has 0 radical (unpaired) electrons. The minimum absolute atomic E-state index is 0. The predicted molar refractivity (Wildman–Crippen MR) is 77.8 cm³/mol. The van der Waals surface area contributed by atoms with E-state index in [-0.39, 0.29) is 30.2 Å². The van der Waals surface area contributed by atoms with Crippen LogP contribution in [0.5, 0.6) is 0 Å². The Morgan fingerprint density at radius 2 is 1.89 bits per heavy atom. The summed E-state index contributed by atoms with van der Waals surface area (Å²) >= 11 is 0. The molecule has 1 unspecified atom stereocenters. The van der Waals surface area contributed by atoms with Gasteiger partial charge in [-0.1, -0.05) is 26.0 Å². The molecule has 0 fully saturated rings. The van der Waals surface area contributed by atoms with Crippen molar-refractivity contribution in [2.45, 2.75) is 32.7 Å². The van der Waals surface area contributed by atoms with Crippen LogP contribution in [0.3, 0.4) is 0 Å². The van der Waals surface area contributed by atoms with E-state index in [1.54, 1.807) is 12.1 Å². The Kier molecular flexibility index (Phi) is 8.35. The molecular formula is C14H22ClFN2O. The molecule has 3 nitrogen and oxygen atoms in total. The highest BCUT2D eigenvalue weighted by molar-refractivity contribution is 5.85. The van der Waals surface area contributed by atoms with Gasteiger partial charge in [0, 0.05) is 19.0 Å². The lowest BCUT2D eigenvalue weighted by atomic mass is 9.96. The number of hydrogen-bond acceptors (Lipinski definition) is 2. The van der Waals surface area contributed by atoms with Crippen molar-refractivity contribution in [3.05, 3.63) is 35.6 Å². The molecule has 0 bridgehead atoms. The zero-order chi connectivity index (χ0) is 13.5. The minimum atomic E-state index is -0.244. The van der Waals surface area contributed by atoms with Crippen LogP contribution in [0.1, 0.15) is 25.8 Å². The average Bonchev–Trinajstić information content (AvgIpc) is 2.31. The smallest absolute Gasteiger partial charge is 0.221 e. The summed E-state index contributed by atoms with van der Waals surface area (Å²) in [6.07, 6.45) is 1.04. The molecule has 19 heavy (non-hydrogen) atoms. The number of carbonyl (C=O) groups excluding carboxylic acids is 1. The van der Waals surface area contributed by atoms with Gasteiger partial charge in [0.15, 0.2) is 0 Å². The lowest BCUT2D eigenvalue weighted by molar-refractivity contribution is -0.121. The molecule has 0 saturated carbocycles. The summed E-state index contributed by atoms with van der Waals surface area (Å²) in [5.74, 6) is 0.0436. The molecule has 0 spiro atoms. The van der Waals surface area contributed by atoms with Crippen molar-refractivity contribution in [3.8, 4) is 0 Å². The second kappa shape index (κ2) is 8.88. The Bertz CT molecular complexity index is 382. The number of nitrogens with one attached hydrogen (secondary N) is 1. The Morgan fingerprint density at radius 3 is 2.37 bits per heavy atom. The molecule has 1 amide bonds. The highest BCUT2D eigenvalue weighted by Crippen LogP contribution is 2.11. The number of amides is 1. The summed E-state index contributed by atoms with van der Waals surface area (Å²) in [6.45, 7) is 4.46. The van der Waals surface area contributed by atoms with Gasteiger partial charge >= 0.3 is 0 Å². The lowest BCUT2D eigenvalue weighted by Crippen LogP contribution is -2.40. The second-order valence-electron chi connectivity index (χ2n) is 4.79. The highest BCUT2D eigenvalue weighted by Gasteiger charge is 2.16. The van der Waals surface area contributed by atoms with Crippen LogP contribution in [-0.4, -0.2) is 18.5 Å². The van der Waals surface area contributed by atoms with E-state index in [1.165, 1.54) is 12.1 Å². The number of carbonyl (C=O) groups is 1. The van der Waals surface area contributed by atoms with Crippen LogP contribution in [0.15, 0.2) is 24.3 Å². The van der Waals surface area contributed by atoms with E-state index in [2.05, 4.69) is 19.2 Å². The van der Waals surface area contributed by atoms with Crippen LogP contribution >= 0.6 is 12.4 Å². The molecule has 0 aliphatic carbocycles. The largest absolute Gasteiger partial charge is 0.353 e.